The normalized spacial score (nSPS) is 17.9. The van der Waals surface area contributed by atoms with Crippen LogP contribution in [0, 0.1) is 5.82 Å². The molecule has 1 aliphatic heterocycles. The maximum absolute atomic E-state index is 13.7. The summed E-state index contributed by atoms with van der Waals surface area (Å²) in [7, 11) is 0. The Balaban J connectivity index is 1.30. The van der Waals surface area contributed by atoms with E-state index in [0.29, 0.717) is 13.1 Å². The van der Waals surface area contributed by atoms with E-state index >= 15 is 0 Å². The molecule has 2 aliphatic rings. The Morgan fingerprint density at radius 2 is 2.07 bits per heavy atom. The summed E-state index contributed by atoms with van der Waals surface area (Å²) in [6.45, 7) is 1.86. The number of halogens is 1. The minimum absolute atomic E-state index is 0.102. The first-order valence-electron chi connectivity index (χ1n) is 9.37. The van der Waals surface area contributed by atoms with Crippen LogP contribution in [-0.4, -0.2) is 57.5 Å². The molecule has 7 nitrogen and oxygen atoms in total. The summed E-state index contributed by atoms with van der Waals surface area (Å²) in [5, 5.41) is 0.987. The van der Waals surface area contributed by atoms with E-state index in [-0.39, 0.29) is 23.8 Å². The molecule has 3 heterocycles. The van der Waals surface area contributed by atoms with Crippen LogP contribution in [0.5, 0.6) is 5.75 Å². The fourth-order valence-corrected chi connectivity index (χ4v) is 4.01. The van der Waals surface area contributed by atoms with Crippen molar-refractivity contribution in [2.45, 2.75) is 18.4 Å². The van der Waals surface area contributed by atoms with Crippen LogP contribution in [0.1, 0.15) is 12.8 Å². The van der Waals surface area contributed by atoms with Crippen LogP contribution in [-0.2, 0) is 4.79 Å². The van der Waals surface area contributed by atoms with Gasteiger partial charge in [-0.15, -0.1) is 0 Å². The van der Waals surface area contributed by atoms with Crippen LogP contribution in [0.15, 0.2) is 42.9 Å². The van der Waals surface area contributed by atoms with Gasteiger partial charge in [-0.3, -0.25) is 4.79 Å². The van der Waals surface area contributed by atoms with Gasteiger partial charge < -0.3 is 19.5 Å². The molecule has 3 aromatic rings. The smallest absolute Gasteiger partial charge is 0.261 e. The van der Waals surface area contributed by atoms with Gasteiger partial charge in [0.25, 0.3) is 5.91 Å². The standard InChI is InChI=1S/C20H20FN5O2/c21-15-3-1-2-4-16(15)28-11-17(27)26-10-9-25(12-20(26)6-7-20)19-14-5-8-22-18(14)23-13-24-19/h1-5,8,13H,6-7,9-12H2,(H,22,23,24). The van der Waals surface area contributed by atoms with E-state index in [1.165, 1.54) is 12.1 Å². The van der Waals surface area contributed by atoms with Gasteiger partial charge in [-0.05, 0) is 31.0 Å². The lowest BCUT2D eigenvalue weighted by Gasteiger charge is -2.42. The summed E-state index contributed by atoms with van der Waals surface area (Å²) in [6, 6.07) is 8.11. The number of nitrogens with zero attached hydrogens (tertiary/aromatic N) is 4. The van der Waals surface area contributed by atoms with Crippen molar-refractivity contribution in [1.29, 1.82) is 0 Å². The molecule has 8 heteroatoms. The van der Waals surface area contributed by atoms with Crippen molar-refractivity contribution in [2.75, 3.05) is 31.1 Å². The van der Waals surface area contributed by atoms with E-state index in [2.05, 4.69) is 19.9 Å². The maximum Gasteiger partial charge on any atom is 0.261 e. The van der Waals surface area contributed by atoms with Gasteiger partial charge >= 0.3 is 0 Å². The number of aromatic nitrogens is 3. The Morgan fingerprint density at radius 3 is 2.89 bits per heavy atom. The van der Waals surface area contributed by atoms with Gasteiger partial charge in [0.15, 0.2) is 18.2 Å². The first-order valence-corrected chi connectivity index (χ1v) is 9.37. The van der Waals surface area contributed by atoms with Crippen LogP contribution in [0.4, 0.5) is 10.2 Å². The number of ether oxygens (including phenoxy) is 1. The molecule has 1 saturated heterocycles. The number of anilines is 1. The molecule has 0 radical (unpaired) electrons. The fourth-order valence-electron chi connectivity index (χ4n) is 4.01. The van der Waals surface area contributed by atoms with Crippen LogP contribution < -0.4 is 9.64 Å². The maximum atomic E-state index is 13.7. The molecule has 0 atom stereocenters. The van der Waals surface area contributed by atoms with E-state index < -0.39 is 5.82 Å². The average molecular weight is 381 g/mol. The van der Waals surface area contributed by atoms with Crippen molar-refractivity contribution < 1.29 is 13.9 Å². The molecule has 28 heavy (non-hydrogen) atoms. The Kier molecular flexibility index (Phi) is 3.92. The zero-order valence-corrected chi connectivity index (χ0v) is 15.3. The average Bonchev–Trinajstić information content (AvgIpc) is 3.28. The summed E-state index contributed by atoms with van der Waals surface area (Å²) in [4.78, 5) is 28.7. The number of aromatic amines is 1. The molecule has 1 spiro atoms. The number of para-hydroxylation sites is 1. The minimum atomic E-state index is -0.458. The molecular weight excluding hydrogens is 361 g/mol. The van der Waals surface area contributed by atoms with Gasteiger partial charge in [-0.1, -0.05) is 12.1 Å². The molecule has 144 valence electrons. The van der Waals surface area contributed by atoms with Gasteiger partial charge in [0.05, 0.1) is 10.9 Å². The predicted octanol–water partition coefficient (Wildman–Crippen LogP) is 2.36. The van der Waals surface area contributed by atoms with Crippen molar-refractivity contribution in [3.05, 3.63) is 48.7 Å². The number of amides is 1. The molecular formula is C20H20FN5O2. The highest BCUT2D eigenvalue weighted by Gasteiger charge is 2.53. The van der Waals surface area contributed by atoms with Gasteiger partial charge in [0, 0.05) is 25.8 Å². The quantitative estimate of drug-likeness (QED) is 0.751. The highest BCUT2D eigenvalue weighted by atomic mass is 19.1. The Morgan fingerprint density at radius 1 is 1.21 bits per heavy atom. The highest BCUT2D eigenvalue weighted by Crippen LogP contribution is 2.45. The van der Waals surface area contributed by atoms with E-state index in [4.69, 9.17) is 4.74 Å². The van der Waals surface area contributed by atoms with E-state index in [0.717, 1.165) is 36.2 Å². The lowest BCUT2D eigenvalue weighted by molar-refractivity contribution is -0.137. The second-order valence-corrected chi connectivity index (χ2v) is 7.35. The van der Waals surface area contributed by atoms with Crippen molar-refractivity contribution in [3.63, 3.8) is 0 Å². The summed E-state index contributed by atoms with van der Waals surface area (Å²) in [5.41, 5.74) is 0.633. The Labute approximate surface area is 161 Å². The molecule has 2 fully saturated rings. The van der Waals surface area contributed by atoms with Crippen LogP contribution in [0.3, 0.4) is 0 Å². The molecule has 1 aromatic carbocycles. The minimum Gasteiger partial charge on any atom is -0.481 e. The monoisotopic (exact) mass is 381 g/mol. The second kappa shape index (κ2) is 6.47. The number of H-pyrrole nitrogens is 1. The van der Waals surface area contributed by atoms with Crippen molar-refractivity contribution in [3.8, 4) is 5.75 Å². The summed E-state index contributed by atoms with van der Waals surface area (Å²) in [5.74, 6) is 0.442. The fraction of sp³-hybridized carbons (Fsp3) is 0.350. The molecule has 1 aliphatic carbocycles. The number of carbonyl (C=O) groups excluding carboxylic acids is 1. The topological polar surface area (TPSA) is 74.3 Å². The predicted molar refractivity (Wildman–Crippen MR) is 102 cm³/mol. The molecule has 2 aromatic heterocycles. The van der Waals surface area contributed by atoms with Gasteiger partial charge in [0.2, 0.25) is 0 Å². The number of hydrogen-bond donors (Lipinski definition) is 1. The number of carbonyl (C=O) groups is 1. The molecule has 0 bridgehead atoms. The zero-order valence-electron chi connectivity index (χ0n) is 15.3. The van der Waals surface area contributed by atoms with Gasteiger partial charge in [0.1, 0.15) is 17.8 Å². The summed E-state index contributed by atoms with van der Waals surface area (Å²) < 4.78 is 19.1. The number of rotatable bonds is 4. The second-order valence-electron chi connectivity index (χ2n) is 7.35. The van der Waals surface area contributed by atoms with Crippen LogP contribution in [0.25, 0.3) is 11.0 Å². The van der Waals surface area contributed by atoms with Crippen LogP contribution >= 0.6 is 0 Å². The highest BCUT2D eigenvalue weighted by molar-refractivity contribution is 5.87. The lowest BCUT2D eigenvalue weighted by atomic mass is 10.1. The third-order valence-corrected chi connectivity index (χ3v) is 5.60. The number of fused-ring (bicyclic) bond motifs is 1. The Hall–Kier alpha value is -3.16. The molecule has 1 N–H and O–H groups in total. The van der Waals surface area contributed by atoms with E-state index in [1.807, 2.05) is 17.2 Å². The number of nitrogens with one attached hydrogen (secondary N) is 1. The molecule has 5 rings (SSSR count). The first kappa shape index (κ1) is 17.0. The number of hydrogen-bond acceptors (Lipinski definition) is 5. The first-order chi connectivity index (χ1) is 13.7. The van der Waals surface area contributed by atoms with Crippen molar-refractivity contribution >= 4 is 22.8 Å². The Bertz CT molecular complexity index is 1030. The number of benzene rings is 1. The molecule has 1 saturated carbocycles. The SMILES string of the molecule is O=C(COc1ccccc1F)N1CCN(c2ncnc3[nH]ccc23)CC12CC2. The van der Waals surface area contributed by atoms with Crippen molar-refractivity contribution in [2.24, 2.45) is 0 Å². The van der Waals surface area contributed by atoms with E-state index in [1.54, 1.807) is 18.5 Å². The van der Waals surface area contributed by atoms with Gasteiger partial charge in [-0.2, -0.15) is 0 Å². The lowest BCUT2D eigenvalue weighted by Crippen LogP contribution is -2.58. The van der Waals surface area contributed by atoms with Crippen molar-refractivity contribution in [1.82, 2.24) is 19.9 Å². The number of piperazine rings is 1. The third kappa shape index (κ3) is 2.85. The van der Waals surface area contributed by atoms with Gasteiger partial charge in [-0.25, -0.2) is 14.4 Å². The molecule has 1 amide bonds. The largest absolute Gasteiger partial charge is 0.481 e. The van der Waals surface area contributed by atoms with E-state index in [9.17, 15) is 9.18 Å². The summed E-state index contributed by atoms with van der Waals surface area (Å²) >= 11 is 0. The zero-order chi connectivity index (χ0) is 19.1. The third-order valence-electron chi connectivity index (χ3n) is 5.60. The van der Waals surface area contributed by atoms with Crippen LogP contribution in [0.2, 0.25) is 0 Å². The summed E-state index contributed by atoms with van der Waals surface area (Å²) in [6.07, 6.45) is 5.33. The molecule has 0 unspecified atom stereocenters.